The summed E-state index contributed by atoms with van der Waals surface area (Å²) in [6, 6.07) is 7.53. The molecule has 0 bridgehead atoms. The maximum Gasteiger partial charge on any atom is 0.330 e. The van der Waals surface area contributed by atoms with Gasteiger partial charge in [0.2, 0.25) is 5.91 Å². The molecule has 1 fully saturated rings. The zero-order valence-electron chi connectivity index (χ0n) is 11.6. The zero-order chi connectivity index (χ0) is 15.3. The largest absolute Gasteiger partial charge is 0.479 e. The molecule has 1 aliphatic heterocycles. The Hall–Kier alpha value is -1.20. The number of halogens is 1. The molecule has 1 amide bonds. The van der Waals surface area contributed by atoms with E-state index in [9.17, 15) is 14.7 Å². The van der Waals surface area contributed by atoms with Crippen LogP contribution in [0.4, 0.5) is 0 Å². The van der Waals surface area contributed by atoms with E-state index in [1.165, 1.54) is 0 Å². The highest BCUT2D eigenvalue weighted by Crippen LogP contribution is 2.28. The van der Waals surface area contributed by atoms with E-state index in [1.54, 1.807) is 11.8 Å². The summed E-state index contributed by atoms with van der Waals surface area (Å²) in [6.45, 7) is 0. The monoisotopic (exact) mass is 327 g/mol. The lowest BCUT2D eigenvalue weighted by Crippen LogP contribution is -2.54. The molecule has 2 N–H and O–H groups in total. The van der Waals surface area contributed by atoms with E-state index < -0.39 is 11.5 Å². The van der Waals surface area contributed by atoms with Crippen LogP contribution in [0.5, 0.6) is 0 Å². The summed E-state index contributed by atoms with van der Waals surface area (Å²) in [7, 11) is 0. The van der Waals surface area contributed by atoms with Gasteiger partial charge in [0.1, 0.15) is 5.54 Å². The SMILES string of the molecule is O=C(CCCc1ccc(Cl)cc1)NC1(C(=O)O)CCSC1. The number of aliphatic carboxylic acids is 1. The Kier molecular flexibility index (Phi) is 5.53. The van der Waals surface area contributed by atoms with Gasteiger partial charge in [-0.15, -0.1) is 0 Å². The molecule has 2 rings (SSSR count). The second-order valence-corrected chi connectivity index (χ2v) is 6.76. The van der Waals surface area contributed by atoms with Gasteiger partial charge in [0.15, 0.2) is 0 Å². The van der Waals surface area contributed by atoms with E-state index >= 15 is 0 Å². The molecular formula is C15H18ClNO3S. The van der Waals surface area contributed by atoms with Gasteiger partial charge in [-0.3, -0.25) is 4.79 Å². The molecule has 4 nitrogen and oxygen atoms in total. The highest BCUT2D eigenvalue weighted by Gasteiger charge is 2.42. The lowest BCUT2D eigenvalue weighted by Gasteiger charge is -2.24. The fraction of sp³-hybridized carbons (Fsp3) is 0.467. The maximum atomic E-state index is 11.9. The fourth-order valence-corrected chi connectivity index (χ4v) is 3.77. The summed E-state index contributed by atoms with van der Waals surface area (Å²) in [5.41, 5.74) is 0.0544. The van der Waals surface area contributed by atoms with Gasteiger partial charge in [-0.25, -0.2) is 4.79 Å². The van der Waals surface area contributed by atoms with Gasteiger partial charge in [0.25, 0.3) is 0 Å². The third-order valence-corrected chi connectivity index (χ3v) is 5.03. The Balaban J connectivity index is 1.79. The highest BCUT2D eigenvalue weighted by molar-refractivity contribution is 7.99. The van der Waals surface area contributed by atoms with Gasteiger partial charge < -0.3 is 10.4 Å². The van der Waals surface area contributed by atoms with Crippen molar-refractivity contribution >= 4 is 35.2 Å². The van der Waals surface area contributed by atoms with Crippen LogP contribution < -0.4 is 5.32 Å². The second kappa shape index (κ2) is 7.18. The van der Waals surface area contributed by atoms with Crippen molar-refractivity contribution in [3.05, 3.63) is 34.9 Å². The van der Waals surface area contributed by atoms with Gasteiger partial charge in [0, 0.05) is 17.2 Å². The maximum absolute atomic E-state index is 11.9. The normalized spacial score (nSPS) is 21.2. The summed E-state index contributed by atoms with van der Waals surface area (Å²) < 4.78 is 0. The summed E-state index contributed by atoms with van der Waals surface area (Å²) in [4.78, 5) is 23.3. The molecule has 1 heterocycles. The standard InChI is InChI=1S/C15H18ClNO3S/c16-12-6-4-11(5-7-12)2-1-3-13(18)17-15(14(19)20)8-9-21-10-15/h4-7H,1-3,8-10H2,(H,17,18)(H,19,20). The highest BCUT2D eigenvalue weighted by atomic mass is 35.5. The average Bonchev–Trinajstić information content (AvgIpc) is 2.91. The van der Waals surface area contributed by atoms with Crippen LogP contribution in [0.15, 0.2) is 24.3 Å². The van der Waals surface area contributed by atoms with Crippen molar-refractivity contribution in [3.8, 4) is 0 Å². The van der Waals surface area contributed by atoms with Crippen LogP contribution in [0.2, 0.25) is 5.02 Å². The van der Waals surface area contributed by atoms with Crippen molar-refractivity contribution in [1.29, 1.82) is 0 Å². The minimum atomic E-state index is -1.07. The third kappa shape index (κ3) is 4.38. The zero-order valence-corrected chi connectivity index (χ0v) is 13.2. The predicted octanol–water partition coefficient (Wildman–Crippen LogP) is 2.74. The van der Waals surface area contributed by atoms with E-state index in [1.807, 2.05) is 24.3 Å². The van der Waals surface area contributed by atoms with E-state index in [0.29, 0.717) is 30.0 Å². The molecule has 0 spiro atoms. The third-order valence-electron chi connectivity index (χ3n) is 3.59. The molecule has 114 valence electrons. The Morgan fingerprint density at radius 3 is 2.62 bits per heavy atom. The lowest BCUT2D eigenvalue weighted by molar-refractivity contribution is -0.146. The van der Waals surface area contributed by atoms with Crippen LogP contribution in [-0.2, 0) is 16.0 Å². The number of carboxylic acids is 1. The average molecular weight is 328 g/mol. The number of amides is 1. The number of hydrogen-bond acceptors (Lipinski definition) is 3. The van der Waals surface area contributed by atoms with Gasteiger partial charge >= 0.3 is 5.97 Å². The number of nitrogens with one attached hydrogen (secondary N) is 1. The Labute approximate surface area is 133 Å². The van der Waals surface area contributed by atoms with E-state index in [0.717, 1.165) is 17.7 Å². The molecule has 0 aromatic heterocycles. The van der Waals surface area contributed by atoms with Gasteiger partial charge in [-0.2, -0.15) is 11.8 Å². The number of carboxylic acid groups (broad SMARTS) is 1. The Morgan fingerprint density at radius 2 is 2.05 bits per heavy atom. The summed E-state index contributed by atoms with van der Waals surface area (Å²) in [6.07, 6.45) is 2.30. The summed E-state index contributed by atoms with van der Waals surface area (Å²) in [5.74, 6) is 0.107. The van der Waals surface area contributed by atoms with Gasteiger partial charge in [-0.1, -0.05) is 23.7 Å². The summed E-state index contributed by atoms with van der Waals surface area (Å²) >= 11 is 7.38. The first-order chi connectivity index (χ1) is 10.0. The van der Waals surface area contributed by atoms with Crippen LogP contribution in [-0.4, -0.2) is 34.0 Å². The predicted molar refractivity (Wildman–Crippen MR) is 84.8 cm³/mol. The first-order valence-electron chi connectivity index (χ1n) is 6.88. The molecule has 0 aliphatic carbocycles. The van der Waals surface area contributed by atoms with Crippen LogP contribution in [0.1, 0.15) is 24.8 Å². The van der Waals surface area contributed by atoms with Crippen molar-refractivity contribution in [2.45, 2.75) is 31.2 Å². The number of aryl methyl sites for hydroxylation is 1. The molecule has 1 aromatic rings. The van der Waals surface area contributed by atoms with Gasteiger partial charge in [-0.05, 0) is 42.7 Å². The molecular weight excluding hydrogens is 310 g/mol. The molecule has 1 unspecified atom stereocenters. The van der Waals surface area contributed by atoms with Crippen LogP contribution >= 0.6 is 23.4 Å². The minimum Gasteiger partial charge on any atom is -0.479 e. The molecule has 1 saturated heterocycles. The molecule has 1 atom stereocenters. The first kappa shape index (κ1) is 16.2. The topological polar surface area (TPSA) is 66.4 Å². The number of hydrogen-bond donors (Lipinski definition) is 2. The lowest BCUT2D eigenvalue weighted by atomic mass is 9.98. The number of rotatable bonds is 6. The number of carbonyl (C=O) groups excluding carboxylic acids is 1. The van der Waals surface area contributed by atoms with Crippen LogP contribution in [0.3, 0.4) is 0 Å². The summed E-state index contributed by atoms with van der Waals surface area (Å²) in [5, 5.41) is 12.7. The Morgan fingerprint density at radius 1 is 1.33 bits per heavy atom. The fourth-order valence-electron chi connectivity index (χ4n) is 2.32. The van der Waals surface area contributed by atoms with E-state index in [2.05, 4.69) is 5.32 Å². The van der Waals surface area contributed by atoms with E-state index in [4.69, 9.17) is 11.6 Å². The van der Waals surface area contributed by atoms with E-state index in [-0.39, 0.29) is 5.91 Å². The number of benzene rings is 1. The van der Waals surface area contributed by atoms with Crippen LogP contribution in [0, 0.1) is 0 Å². The molecule has 1 aromatic carbocycles. The molecule has 0 saturated carbocycles. The van der Waals surface area contributed by atoms with Gasteiger partial charge in [0.05, 0.1) is 0 Å². The molecule has 0 radical (unpaired) electrons. The van der Waals surface area contributed by atoms with Crippen molar-refractivity contribution in [1.82, 2.24) is 5.32 Å². The van der Waals surface area contributed by atoms with Crippen LogP contribution in [0.25, 0.3) is 0 Å². The smallest absolute Gasteiger partial charge is 0.330 e. The molecule has 1 aliphatic rings. The van der Waals surface area contributed by atoms with Crippen molar-refractivity contribution in [2.24, 2.45) is 0 Å². The number of carbonyl (C=O) groups is 2. The molecule has 21 heavy (non-hydrogen) atoms. The minimum absolute atomic E-state index is 0.186. The second-order valence-electron chi connectivity index (χ2n) is 5.22. The first-order valence-corrected chi connectivity index (χ1v) is 8.42. The van der Waals surface area contributed by atoms with Crippen molar-refractivity contribution in [2.75, 3.05) is 11.5 Å². The quantitative estimate of drug-likeness (QED) is 0.843. The Bertz CT molecular complexity index is 512. The molecule has 6 heteroatoms. The van der Waals surface area contributed by atoms with Crippen molar-refractivity contribution in [3.63, 3.8) is 0 Å². The van der Waals surface area contributed by atoms with Crippen molar-refractivity contribution < 1.29 is 14.7 Å². The number of thioether (sulfide) groups is 1.